The maximum Gasteiger partial charge on any atom is 0.170 e. The summed E-state index contributed by atoms with van der Waals surface area (Å²) in [5.74, 6) is 0. The molecule has 2 aromatic rings. The number of benzene rings is 1. The quantitative estimate of drug-likeness (QED) is 0.666. The van der Waals surface area contributed by atoms with E-state index in [9.17, 15) is 0 Å². The van der Waals surface area contributed by atoms with Crippen LogP contribution in [0.15, 0.2) is 18.2 Å². The maximum atomic E-state index is 5.19. The fourth-order valence-corrected chi connectivity index (χ4v) is 2.65. The number of thiocarbonyl (C=S) groups is 1. The van der Waals surface area contributed by atoms with Gasteiger partial charge in [-0.2, -0.15) is 0 Å². The van der Waals surface area contributed by atoms with Gasteiger partial charge in [-0.1, -0.05) is 0 Å². The van der Waals surface area contributed by atoms with Crippen LogP contribution in [-0.4, -0.2) is 30.4 Å². The Kier molecular flexibility index (Phi) is 4.46. The average Bonchev–Trinajstić information content (AvgIpc) is 2.69. The Labute approximate surface area is 115 Å². The minimum atomic E-state index is 0.604. The van der Waals surface area contributed by atoms with Crippen LogP contribution in [0.3, 0.4) is 0 Å². The van der Waals surface area contributed by atoms with Gasteiger partial charge in [0.2, 0.25) is 0 Å². The van der Waals surface area contributed by atoms with Crippen LogP contribution in [0.4, 0.5) is 5.69 Å². The van der Waals surface area contributed by atoms with Crippen molar-refractivity contribution in [3.63, 3.8) is 0 Å². The Morgan fingerprint density at radius 1 is 1.50 bits per heavy atom. The van der Waals surface area contributed by atoms with E-state index in [1.54, 1.807) is 18.4 Å². The number of ether oxygens (including phenoxy) is 1. The molecule has 0 aliphatic heterocycles. The van der Waals surface area contributed by atoms with Crippen LogP contribution < -0.4 is 10.6 Å². The molecule has 1 aromatic heterocycles. The Morgan fingerprint density at radius 3 is 3.11 bits per heavy atom. The molecular formula is C12H15N3OS2. The van der Waals surface area contributed by atoms with Crippen molar-refractivity contribution in [2.24, 2.45) is 0 Å². The molecule has 0 saturated heterocycles. The minimum absolute atomic E-state index is 0.604. The number of nitrogens with one attached hydrogen (secondary N) is 2. The van der Waals surface area contributed by atoms with Crippen LogP contribution in [0, 0.1) is 6.92 Å². The van der Waals surface area contributed by atoms with E-state index >= 15 is 0 Å². The predicted molar refractivity (Wildman–Crippen MR) is 80.5 cm³/mol. The van der Waals surface area contributed by atoms with Gasteiger partial charge in [0.05, 0.1) is 21.8 Å². The van der Waals surface area contributed by atoms with Crippen molar-refractivity contribution in [1.82, 2.24) is 10.3 Å². The van der Waals surface area contributed by atoms with Crippen LogP contribution in [0.25, 0.3) is 10.2 Å². The van der Waals surface area contributed by atoms with Crippen molar-refractivity contribution >= 4 is 44.6 Å². The number of thiazole rings is 1. The molecule has 96 valence electrons. The zero-order chi connectivity index (χ0) is 13.0. The van der Waals surface area contributed by atoms with E-state index in [0.29, 0.717) is 18.3 Å². The lowest BCUT2D eigenvalue weighted by Crippen LogP contribution is -2.31. The topological polar surface area (TPSA) is 46.2 Å². The van der Waals surface area contributed by atoms with Gasteiger partial charge in [0, 0.05) is 19.3 Å². The molecule has 0 bridgehead atoms. The van der Waals surface area contributed by atoms with Gasteiger partial charge in [-0.15, -0.1) is 11.3 Å². The van der Waals surface area contributed by atoms with Crippen molar-refractivity contribution in [3.8, 4) is 0 Å². The van der Waals surface area contributed by atoms with Crippen molar-refractivity contribution in [2.45, 2.75) is 6.92 Å². The van der Waals surface area contributed by atoms with Gasteiger partial charge in [-0.3, -0.25) is 0 Å². The summed E-state index contributed by atoms with van der Waals surface area (Å²) in [7, 11) is 1.66. The number of anilines is 1. The number of rotatable bonds is 4. The fourth-order valence-electron chi connectivity index (χ4n) is 1.56. The number of hydrogen-bond acceptors (Lipinski definition) is 4. The highest BCUT2D eigenvalue weighted by Crippen LogP contribution is 2.24. The number of aromatic nitrogens is 1. The fraction of sp³-hybridized carbons (Fsp3) is 0.333. The average molecular weight is 281 g/mol. The summed E-state index contributed by atoms with van der Waals surface area (Å²) < 4.78 is 6.11. The molecule has 0 amide bonds. The third kappa shape index (κ3) is 3.38. The molecular weight excluding hydrogens is 266 g/mol. The smallest absolute Gasteiger partial charge is 0.170 e. The molecule has 2 N–H and O–H groups in total. The van der Waals surface area contributed by atoms with E-state index in [1.165, 1.54) is 0 Å². The SMILES string of the molecule is COCCNC(=S)Nc1ccc2nc(C)sc2c1. The Balaban J connectivity index is 2.00. The van der Waals surface area contributed by atoms with Crippen LogP contribution in [0.5, 0.6) is 0 Å². The lowest BCUT2D eigenvalue weighted by molar-refractivity contribution is 0.204. The number of methoxy groups -OCH3 is 1. The summed E-state index contributed by atoms with van der Waals surface area (Å²) in [6, 6.07) is 6.04. The highest BCUT2D eigenvalue weighted by molar-refractivity contribution is 7.80. The van der Waals surface area contributed by atoms with Crippen molar-refractivity contribution in [1.29, 1.82) is 0 Å². The van der Waals surface area contributed by atoms with Crippen LogP contribution >= 0.6 is 23.6 Å². The van der Waals surface area contributed by atoms with Gasteiger partial charge in [-0.05, 0) is 37.3 Å². The summed E-state index contributed by atoms with van der Waals surface area (Å²) in [5.41, 5.74) is 2.00. The second-order valence-corrected chi connectivity index (χ2v) is 5.43. The van der Waals surface area contributed by atoms with Crippen LogP contribution in [0.1, 0.15) is 5.01 Å². The molecule has 4 nitrogen and oxygen atoms in total. The Bertz CT molecular complexity index is 553. The molecule has 1 heterocycles. The molecule has 1 aromatic carbocycles. The van der Waals surface area contributed by atoms with Crippen molar-refractivity contribution in [3.05, 3.63) is 23.2 Å². The zero-order valence-electron chi connectivity index (χ0n) is 10.3. The lowest BCUT2D eigenvalue weighted by Gasteiger charge is -2.09. The van der Waals surface area contributed by atoms with Crippen LogP contribution in [-0.2, 0) is 4.74 Å². The van der Waals surface area contributed by atoms with Gasteiger partial charge < -0.3 is 15.4 Å². The first-order valence-corrected chi connectivity index (χ1v) is 6.82. The lowest BCUT2D eigenvalue weighted by atomic mass is 10.3. The van der Waals surface area contributed by atoms with Gasteiger partial charge in [0.1, 0.15) is 0 Å². The van der Waals surface area contributed by atoms with Gasteiger partial charge in [-0.25, -0.2) is 4.98 Å². The molecule has 0 radical (unpaired) electrons. The molecule has 18 heavy (non-hydrogen) atoms. The Morgan fingerprint density at radius 2 is 2.33 bits per heavy atom. The predicted octanol–water partition coefficient (Wildman–Crippen LogP) is 2.54. The summed E-state index contributed by atoms with van der Waals surface area (Å²) >= 11 is 6.87. The maximum absolute atomic E-state index is 5.19. The van der Waals surface area contributed by atoms with E-state index in [4.69, 9.17) is 17.0 Å². The second kappa shape index (κ2) is 6.08. The highest BCUT2D eigenvalue weighted by Gasteiger charge is 2.02. The molecule has 0 aliphatic carbocycles. The molecule has 0 fully saturated rings. The number of aryl methyl sites for hydroxylation is 1. The van der Waals surface area contributed by atoms with Gasteiger partial charge in [0.25, 0.3) is 0 Å². The number of nitrogens with zero attached hydrogens (tertiary/aromatic N) is 1. The second-order valence-electron chi connectivity index (χ2n) is 3.79. The first kappa shape index (κ1) is 13.2. The summed E-state index contributed by atoms with van der Waals surface area (Å²) in [6.45, 7) is 3.34. The summed E-state index contributed by atoms with van der Waals surface area (Å²) in [4.78, 5) is 4.42. The van der Waals surface area contributed by atoms with Crippen molar-refractivity contribution < 1.29 is 4.74 Å². The number of hydrogen-bond donors (Lipinski definition) is 2. The van der Waals surface area contributed by atoms with E-state index in [-0.39, 0.29) is 0 Å². The first-order valence-electron chi connectivity index (χ1n) is 5.60. The van der Waals surface area contributed by atoms with Crippen LogP contribution in [0.2, 0.25) is 0 Å². The standard InChI is InChI=1S/C12H15N3OS2/c1-8-14-10-4-3-9(7-11(10)18-8)15-12(17)13-5-6-16-2/h3-4,7H,5-6H2,1-2H3,(H2,13,15,17). The first-order chi connectivity index (χ1) is 8.69. The summed E-state index contributed by atoms with van der Waals surface area (Å²) in [5, 5.41) is 7.89. The third-order valence-electron chi connectivity index (χ3n) is 2.34. The van der Waals surface area contributed by atoms with E-state index in [1.807, 2.05) is 19.1 Å². The Hall–Kier alpha value is -1.24. The molecule has 0 atom stereocenters. The molecule has 6 heteroatoms. The van der Waals surface area contributed by atoms with Crippen molar-refractivity contribution in [2.75, 3.05) is 25.6 Å². The molecule has 0 spiro atoms. The molecule has 0 saturated carbocycles. The molecule has 0 aliphatic rings. The van der Waals surface area contributed by atoms with E-state index in [0.717, 1.165) is 20.9 Å². The summed E-state index contributed by atoms with van der Waals surface area (Å²) in [6.07, 6.45) is 0. The monoisotopic (exact) mass is 281 g/mol. The third-order valence-corrected chi connectivity index (χ3v) is 3.52. The van der Waals surface area contributed by atoms with Gasteiger partial charge in [0.15, 0.2) is 5.11 Å². The van der Waals surface area contributed by atoms with Gasteiger partial charge >= 0.3 is 0 Å². The highest BCUT2D eigenvalue weighted by atomic mass is 32.1. The molecule has 2 rings (SSSR count). The largest absolute Gasteiger partial charge is 0.383 e. The normalized spacial score (nSPS) is 10.6. The minimum Gasteiger partial charge on any atom is -0.383 e. The number of fused-ring (bicyclic) bond motifs is 1. The van der Waals surface area contributed by atoms with E-state index < -0.39 is 0 Å². The molecule has 0 unspecified atom stereocenters. The van der Waals surface area contributed by atoms with E-state index in [2.05, 4.69) is 21.7 Å². The zero-order valence-corrected chi connectivity index (χ0v) is 12.0.